The minimum atomic E-state index is -1.11. The van der Waals surface area contributed by atoms with E-state index in [9.17, 15) is 14.9 Å². The highest BCUT2D eigenvalue weighted by Gasteiger charge is 2.16. The molecule has 3 aromatic carbocycles. The third-order valence-corrected chi connectivity index (χ3v) is 6.83. The van der Waals surface area contributed by atoms with E-state index < -0.39 is 12.6 Å². The number of rotatable bonds is 9. The average Bonchev–Trinajstić information content (AvgIpc) is 3.15. The number of aliphatic carboxylic acids is 1. The lowest BCUT2D eigenvalue weighted by Crippen LogP contribution is -2.22. The summed E-state index contributed by atoms with van der Waals surface area (Å²) in [5.41, 5.74) is 7.18. The summed E-state index contributed by atoms with van der Waals surface area (Å²) < 4.78 is 7.48. The number of carbonyl (C=O) groups excluding carboxylic acids is 1. The highest BCUT2D eigenvalue weighted by molar-refractivity contribution is 5.99. The van der Waals surface area contributed by atoms with Gasteiger partial charge in [-0.15, -0.1) is 0 Å². The smallest absolute Gasteiger partial charge is 0.341 e. The van der Waals surface area contributed by atoms with Gasteiger partial charge in [0.1, 0.15) is 11.8 Å². The van der Waals surface area contributed by atoms with Crippen molar-refractivity contribution in [2.75, 3.05) is 6.61 Å². The maximum atomic E-state index is 13.0. The van der Waals surface area contributed by atoms with E-state index in [1.807, 2.05) is 56.3 Å². The van der Waals surface area contributed by atoms with Gasteiger partial charge in [-0.2, -0.15) is 5.26 Å². The zero-order chi connectivity index (χ0) is 27.4. The van der Waals surface area contributed by atoms with Crippen LogP contribution in [0.1, 0.15) is 63.6 Å². The molecule has 1 heterocycles. The van der Waals surface area contributed by atoms with Crippen LogP contribution in [0.4, 0.5) is 0 Å². The molecule has 7 nitrogen and oxygen atoms in total. The Kier molecular flexibility index (Phi) is 7.82. The second-order valence-electron chi connectivity index (χ2n) is 9.74. The molecule has 0 unspecified atom stereocenters. The van der Waals surface area contributed by atoms with Gasteiger partial charge in [0.2, 0.25) is 0 Å². The van der Waals surface area contributed by atoms with Crippen molar-refractivity contribution >= 4 is 22.8 Å². The van der Waals surface area contributed by atoms with Crippen LogP contribution < -0.4 is 10.1 Å². The lowest BCUT2D eigenvalue weighted by Gasteiger charge is -2.12. The Morgan fingerprint density at radius 1 is 1.05 bits per heavy atom. The molecule has 0 aliphatic carbocycles. The van der Waals surface area contributed by atoms with Gasteiger partial charge in [0.25, 0.3) is 5.91 Å². The molecule has 0 aliphatic rings. The van der Waals surface area contributed by atoms with Crippen LogP contribution in [0, 0.1) is 25.2 Å². The van der Waals surface area contributed by atoms with Crippen molar-refractivity contribution in [2.45, 2.75) is 46.7 Å². The molecule has 0 saturated carbocycles. The van der Waals surface area contributed by atoms with Crippen molar-refractivity contribution in [3.63, 3.8) is 0 Å². The van der Waals surface area contributed by atoms with Gasteiger partial charge in [-0.05, 0) is 72.4 Å². The highest BCUT2D eigenvalue weighted by atomic mass is 16.5. The molecule has 2 N–H and O–H groups in total. The summed E-state index contributed by atoms with van der Waals surface area (Å²) in [6.07, 6.45) is 0. The molecule has 4 aromatic rings. The Balaban J connectivity index is 1.56. The Bertz CT molecular complexity index is 1560. The van der Waals surface area contributed by atoms with Crippen molar-refractivity contribution in [1.82, 2.24) is 9.88 Å². The predicted octanol–water partition coefficient (Wildman–Crippen LogP) is 5.69. The number of aryl methyl sites for hydroxylation is 1. The Morgan fingerprint density at radius 3 is 2.55 bits per heavy atom. The average molecular weight is 510 g/mol. The van der Waals surface area contributed by atoms with Crippen LogP contribution in [0.15, 0.2) is 60.7 Å². The lowest BCUT2D eigenvalue weighted by molar-refractivity contribution is -0.139. The molecule has 0 spiro atoms. The number of nitriles is 1. The fourth-order valence-corrected chi connectivity index (χ4v) is 4.54. The molecule has 0 radical (unpaired) electrons. The molecule has 194 valence electrons. The summed E-state index contributed by atoms with van der Waals surface area (Å²) in [7, 11) is 0. The number of carbonyl (C=O) groups is 2. The summed E-state index contributed by atoms with van der Waals surface area (Å²) in [6.45, 7) is 8.81. The molecule has 0 aliphatic heterocycles. The van der Waals surface area contributed by atoms with Gasteiger partial charge in [0.15, 0.2) is 6.61 Å². The Hall–Kier alpha value is -4.57. The van der Waals surface area contributed by atoms with E-state index in [2.05, 4.69) is 35.9 Å². The first-order chi connectivity index (χ1) is 18.2. The van der Waals surface area contributed by atoms with Gasteiger partial charge in [-0.3, -0.25) is 4.79 Å². The van der Waals surface area contributed by atoms with E-state index >= 15 is 0 Å². The van der Waals surface area contributed by atoms with Crippen molar-refractivity contribution < 1.29 is 19.4 Å². The van der Waals surface area contributed by atoms with Gasteiger partial charge in [0.05, 0.1) is 5.56 Å². The van der Waals surface area contributed by atoms with Gasteiger partial charge < -0.3 is 19.7 Å². The maximum absolute atomic E-state index is 13.0. The van der Waals surface area contributed by atoms with Crippen molar-refractivity contribution in [1.29, 1.82) is 5.26 Å². The molecule has 1 aromatic heterocycles. The molecule has 38 heavy (non-hydrogen) atoms. The molecular formula is C31H31N3O4. The minimum absolute atomic E-state index is 0.126. The Morgan fingerprint density at radius 2 is 1.84 bits per heavy atom. The van der Waals surface area contributed by atoms with Crippen LogP contribution >= 0.6 is 0 Å². The summed E-state index contributed by atoms with van der Waals surface area (Å²) in [5.74, 6) is -0.558. The van der Waals surface area contributed by atoms with Crippen LogP contribution in [-0.2, 0) is 17.9 Å². The highest BCUT2D eigenvalue weighted by Crippen LogP contribution is 2.29. The number of hydrogen-bond donors (Lipinski definition) is 2. The number of nitrogens with one attached hydrogen (secondary N) is 1. The van der Waals surface area contributed by atoms with E-state index in [0.717, 1.165) is 33.3 Å². The first-order valence-corrected chi connectivity index (χ1v) is 12.5. The quantitative estimate of drug-likeness (QED) is 0.301. The molecule has 0 atom stereocenters. The predicted molar refractivity (Wildman–Crippen MR) is 147 cm³/mol. The van der Waals surface area contributed by atoms with E-state index in [4.69, 9.17) is 9.84 Å². The van der Waals surface area contributed by atoms with Crippen molar-refractivity contribution in [3.8, 4) is 11.8 Å². The number of nitrogens with zero attached hydrogens (tertiary/aromatic N) is 2. The van der Waals surface area contributed by atoms with E-state index in [0.29, 0.717) is 24.6 Å². The van der Waals surface area contributed by atoms with E-state index in [1.165, 1.54) is 5.56 Å². The second-order valence-corrected chi connectivity index (χ2v) is 9.74. The number of amides is 1. The largest absolute Gasteiger partial charge is 0.481 e. The van der Waals surface area contributed by atoms with Crippen LogP contribution in [0.5, 0.6) is 5.75 Å². The van der Waals surface area contributed by atoms with Gasteiger partial charge in [-0.1, -0.05) is 44.2 Å². The topological polar surface area (TPSA) is 104 Å². The van der Waals surface area contributed by atoms with Gasteiger partial charge in [0, 0.05) is 35.2 Å². The third-order valence-electron chi connectivity index (χ3n) is 6.83. The number of hydrogen-bond acceptors (Lipinski definition) is 4. The Labute approximate surface area is 222 Å². The fourth-order valence-electron chi connectivity index (χ4n) is 4.54. The number of fused-ring (bicyclic) bond motifs is 1. The van der Waals surface area contributed by atoms with Crippen LogP contribution in [-0.4, -0.2) is 28.2 Å². The molecule has 0 bridgehead atoms. The monoisotopic (exact) mass is 509 g/mol. The van der Waals surface area contributed by atoms with E-state index in [1.54, 1.807) is 12.1 Å². The van der Waals surface area contributed by atoms with Crippen molar-refractivity contribution in [3.05, 3.63) is 99.7 Å². The van der Waals surface area contributed by atoms with Crippen LogP contribution in [0.2, 0.25) is 0 Å². The third kappa shape index (κ3) is 5.70. The lowest BCUT2D eigenvalue weighted by atomic mass is 10.0. The summed E-state index contributed by atoms with van der Waals surface area (Å²) in [6, 6.07) is 21.2. The standard InChI is InChI=1S/C31H31N3O4/c1-19(2)24-7-5-6-22(12-24)16-33-31(37)25-10-11-28-27(14-25)20(3)21(4)34(28)17-23-8-9-26(15-32)29(13-23)38-18-30(35)36/h5-14,19H,16-18H2,1-4H3,(H,33,37)(H,35,36). The number of carboxylic acid groups (broad SMARTS) is 1. The van der Waals surface area contributed by atoms with E-state index in [-0.39, 0.29) is 17.2 Å². The molecule has 0 saturated heterocycles. The van der Waals surface area contributed by atoms with Crippen molar-refractivity contribution in [2.24, 2.45) is 0 Å². The number of carboxylic acids is 1. The summed E-state index contributed by atoms with van der Waals surface area (Å²) >= 11 is 0. The number of aromatic nitrogens is 1. The first-order valence-electron chi connectivity index (χ1n) is 12.5. The molecule has 4 rings (SSSR count). The summed E-state index contributed by atoms with van der Waals surface area (Å²) in [5, 5.41) is 22.3. The maximum Gasteiger partial charge on any atom is 0.341 e. The molecule has 0 fully saturated rings. The molecule has 7 heteroatoms. The number of ether oxygens (including phenoxy) is 1. The second kappa shape index (κ2) is 11.2. The number of benzene rings is 3. The molecule has 1 amide bonds. The minimum Gasteiger partial charge on any atom is -0.481 e. The zero-order valence-corrected chi connectivity index (χ0v) is 22.0. The van der Waals surface area contributed by atoms with Crippen LogP contribution in [0.25, 0.3) is 10.9 Å². The normalized spacial score (nSPS) is 10.9. The SMILES string of the molecule is Cc1c(C)n(Cc2ccc(C#N)c(OCC(=O)O)c2)c2ccc(C(=O)NCc3cccc(C(C)C)c3)cc12. The molecular weight excluding hydrogens is 478 g/mol. The fraction of sp³-hybridized carbons (Fsp3) is 0.258. The first kappa shape index (κ1) is 26.5. The van der Waals surface area contributed by atoms with Gasteiger partial charge in [-0.25, -0.2) is 4.79 Å². The van der Waals surface area contributed by atoms with Crippen LogP contribution in [0.3, 0.4) is 0 Å². The zero-order valence-electron chi connectivity index (χ0n) is 22.0. The van der Waals surface area contributed by atoms with Gasteiger partial charge >= 0.3 is 5.97 Å². The summed E-state index contributed by atoms with van der Waals surface area (Å²) in [4.78, 5) is 23.9.